The monoisotopic (exact) mass is 330 g/mol. The maximum atomic E-state index is 12.9. The van der Waals surface area contributed by atoms with Gasteiger partial charge < -0.3 is 5.32 Å². The topological polar surface area (TPSA) is 49.4 Å². The van der Waals surface area contributed by atoms with Gasteiger partial charge in [-0.05, 0) is 63.4 Å². The van der Waals surface area contributed by atoms with Crippen molar-refractivity contribution in [1.29, 1.82) is 0 Å². The summed E-state index contributed by atoms with van der Waals surface area (Å²) >= 11 is 6.11. The molecule has 0 saturated heterocycles. The molecule has 1 aromatic rings. The van der Waals surface area contributed by atoms with Crippen LogP contribution in [0.25, 0.3) is 0 Å². The van der Waals surface area contributed by atoms with Crippen LogP contribution in [-0.2, 0) is 16.6 Å². The lowest BCUT2D eigenvalue weighted by atomic mass is 10.2. The Bertz CT molecular complexity index is 598. The normalized spacial score (nSPS) is 15.9. The molecule has 118 valence electrons. The first kappa shape index (κ1) is 16.7. The second-order valence-corrected chi connectivity index (χ2v) is 8.19. The molecule has 6 heteroatoms. The van der Waals surface area contributed by atoms with Crippen molar-refractivity contribution in [2.24, 2.45) is 5.92 Å². The summed E-state index contributed by atoms with van der Waals surface area (Å²) in [6, 6.07) is 4.89. The lowest BCUT2D eigenvalue weighted by molar-refractivity contribution is 0.341. The summed E-state index contributed by atoms with van der Waals surface area (Å²) in [4.78, 5) is 0.325. The summed E-state index contributed by atoms with van der Waals surface area (Å²) < 4.78 is 27.3. The molecule has 0 aliphatic heterocycles. The molecule has 0 unspecified atom stereocenters. The van der Waals surface area contributed by atoms with Gasteiger partial charge in [0.2, 0.25) is 10.0 Å². The Morgan fingerprint density at radius 2 is 2.05 bits per heavy atom. The van der Waals surface area contributed by atoms with Crippen molar-refractivity contribution < 1.29 is 8.42 Å². The minimum atomic E-state index is -3.47. The van der Waals surface area contributed by atoms with E-state index in [2.05, 4.69) is 5.32 Å². The van der Waals surface area contributed by atoms with Crippen LogP contribution in [0, 0.1) is 5.92 Å². The van der Waals surface area contributed by atoms with Crippen LogP contribution in [0.5, 0.6) is 0 Å². The molecule has 1 fully saturated rings. The fraction of sp³-hybridized carbons (Fsp3) is 0.600. The number of nitrogens with zero attached hydrogens (tertiary/aromatic N) is 1. The van der Waals surface area contributed by atoms with E-state index in [9.17, 15) is 8.42 Å². The number of benzene rings is 1. The standard InChI is InChI=1S/C15H23ClN2O2S/c1-11(2)18(10-12-4-5-12)21(19,20)14-6-7-15(16)13(8-14)9-17-3/h6-8,11-12,17H,4-5,9-10H2,1-3H3. The Morgan fingerprint density at radius 3 is 2.57 bits per heavy atom. The molecular formula is C15H23ClN2O2S. The molecule has 1 aromatic carbocycles. The van der Waals surface area contributed by atoms with Gasteiger partial charge in [-0.2, -0.15) is 4.31 Å². The highest BCUT2D eigenvalue weighted by Gasteiger charge is 2.33. The highest BCUT2D eigenvalue weighted by molar-refractivity contribution is 7.89. The molecule has 0 aromatic heterocycles. The number of rotatable bonds is 7. The molecule has 1 N–H and O–H groups in total. The molecule has 21 heavy (non-hydrogen) atoms. The first-order valence-electron chi connectivity index (χ1n) is 7.31. The van der Waals surface area contributed by atoms with Crippen LogP contribution < -0.4 is 5.32 Å². The van der Waals surface area contributed by atoms with Crippen molar-refractivity contribution in [3.05, 3.63) is 28.8 Å². The summed E-state index contributed by atoms with van der Waals surface area (Å²) in [6.07, 6.45) is 2.26. The van der Waals surface area contributed by atoms with Crippen LogP contribution in [0.3, 0.4) is 0 Å². The van der Waals surface area contributed by atoms with Crippen molar-refractivity contribution in [3.63, 3.8) is 0 Å². The van der Waals surface area contributed by atoms with E-state index in [4.69, 9.17) is 11.6 Å². The number of sulfonamides is 1. The molecule has 0 atom stereocenters. The van der Waals surface area contributed by atoms with Gasteiger partial charge in [0.25, 0.3) is 0 Å². The molecule has 2 rings (SSSR count). The summed E-state index contributed by atoms with van der Waals surface area (Å²) in [7, 11) is -1.66. The third-order valence-corrected chi connectivity index (χ3v) is 6.11. The van der Waals surface area contributed by atoms with Gasteiger partial charge in [0.05, 0.1) is 4.90 Å². The van der Waals surface area contributed by atoms with Crippen LogP contribution in [0.15, 0.2) is 23.1 Å². The SMILES string of the molecule is CNCc1cc(S(=O)(=O)N(CC2CC2)C(C)C)ccc1Cl. The zero-order valence-electron chi connectivity index (χ0n) is 12.8. The van der Waals surface area contributed by atoms with Crippen LogP contribution >= 0.6 is 11.6 Å². The Hall–Kier alpha value is -0.620. The summed E-state index contributed by atoms with van der Waals surface area (Å²) in [6.45, 7) is 5.01. The third kappa shape index (κ3) is 3.97. The Balaban J connectivity index is 2.34. The first-order chi connectivity index (χ1) is 9.86. The zero-order chi connectivity index (χ0) is 15.6. The predicted molar refractivity (Wildman–Crippen MR) is 86.0 cm³/mol. The quantitative estimate of drug-likeness (QED) is 0.836. The van der Waals surface area contributed by atoms with E-state index in [1.165, 1.54) is 0 Å². The molecule has 0 heterocycles. The van der Waals surface area contributed by atoms with Gasteiger partial charge in [0.1, 0.15) is 0 Å². The average Bonchev–Trinajstić information content (AvgIpc) is 3.22. The van der Waals surface area contributed by atoms with Gasteiger partial charge in [0, 0.05) is 24.2 Å². The van der Waals surface area contributed by atoms with Gasteiger partial charge in [-0.3, -0.25) is 0 Å². The number of halogens is 1. The van der Waals surface area contributed by atoms with Crippen LogP contribution in [-0.4, -0.2) is 32.4 Å². The maximum absolute atomic E-state index is 12.9. The van der Waals surface area contributed by atoms with Crippen molar-refractivity contribution in [2.75, 3.05) is 13.6 Å². The van der Waals surface area contributed by atoms with Crippen molar-refractivity contribution >= 4 is 21.6 Å². The van der Waals surface area contributed by atoms with E-state index in [0.29, 0.717) is 28.9 Å². The first-order valence-corrected chi connectivity index (χ1v) is 9.13. The van der Waals surface area contributed by atoms with Crippen LogP contribution in [0.4, 0.5) is 0 Å². The Labute approximate surface area is 132 Å². The summed E-state index contributed by atoms with van der Waals surface area (Å²) in [5.74, 6) is 0.520. The highest BCUT2D eigenvalue weighted by atomic mass is 35.5. The van der Waals surface area contributed by atoms with Gasteiger partial charge in [0.15, 0.2) is 0 Å². The number of nitrogens with one attached hydrogen (secondary N) is 1. The van der Waals surface area contributed by atoms with E-state index in [-0.39, 0.29) is 6.04 Å². The molecule has 1 aliphatic carbocycles. The fourth-order valence-corrected chi connectivity index (χ4v) is 4.26. The maximum Gasteiger partial charge on any atom is 0.243 e. The Kier molecular flexibility index (Phi) is 5.30. The third-order valence-electron chi connectivity index (χ3n) is 3.70. The van der Waals surface area contributed by atoms with E-state index < -0.39 is 10.0 Å². The predicted octanol–water partition coefficient (Wildman–Crippen LogP) is 2.87. The second-order valence-electron chi connectivity index (χ2n) is 5.90. The van der Waals surface area contributed by atoms with Crippen molar-refractivity contribution in [3.8, 4) is 0 Å². The number of hydrogen-bond acceptors (Lipinski definition) is 3. The highest BCUT2D eigenvalue weighted by Crippen LogP contribution is 2.33. The molecule has 0 amide bonds. The lowest BCUT2D eigenvalue weighted by Gasteiger charge is -2.26. The van der Waals surface area contributed by atoms with E-state index in [1.807, 2.05) is 20.9 Å². The van der Waals surface area contributed by atoms with E-state index >= 15 is 0 Å². The molecule has 1 aliphatic rings. The van der Waals surface area contributed by atoms with Gasteiger partial charge >= 0.3 is 0 Å². The summed E-state index contributed by atoms with van der Waals surface area (Å²) in [5, 5.41) is 3.59. The van der Waals surface area contributed by atoms with Crippen LogP contribution in [0.2, 0.25) is 5.02 Å². The van der Waals surface area contributed by atoms with Gasteiger partial charge in [-0.25, -0.2) is 8.42 Å². The average molecular weight is 331 g/mol. The largest absolute Gasteiger partial charge is 0.316 e. The van der Waals surface area contributed by atoms with Gasteiger partial charge in [-0.1, -0.05) is 11.6 Å². The molecule has 1 saturated carbocycles. The van der Waals surface area contributed by atoms with Crippen molar-refractivity contribution in [2.45, 2.75) is 44.2 Å². The molecule has 4 nitrogen and oxygen atoms in total. The fourth-order valence-electron chi connectivity index (χ4n) is 2.31. The van der Waals surface area contributed by atoms with Gasteiger partial charge in [-0.15, -0.1) is 0 Å². The van der Waals surface area contributed by atoms with E-state index in [1.54, 1.807) is 22.5 Å². The molecular weight excluding hydrogens is 308 g/mol. The Morgan fingerprint density at radius 1 is 1.38 bits per heavy atom. The minimum Gasteiger partial charge on any atom is -0.316 e. The smallest absolute Gasteiger partial charge is 0.243 e. The lowest BCUT2D eigenvalue weighted by Crippen LogP contribution is -2.38. The zero-order valence-corrected chi connectivity index (χ0v) is 14.3. The molecule has 0 radical (unpaired) electrons. The second kappa shape index (κ2) is 6.65. The molecule has 0 spiro atoms. The van der Waals surface area contributed by atoms with Crippen LogP contribution in [0.1, 0.15) is 32.3 Å². The number of hydrogen-bond donors (Lipinski definition) is 1. The molecule has 0 bridgehead atoms. The minimum absolute atomic E-state index is 0.0426. The summed E-state index contributed by atoms with van der Waals surface area (Å²) in [5.41, 5.74) is 0.801. The van der Waals surface area contributed by atoms with Crippen molar-refractivity contribution in [1.82, 2.24) is 9.62 Å². The van der Waals surface area contributed by atoms with E-state index in [0.717, 1.165) is 18.4 Å².